The van der Waals surface area contributed by atoms with Gasteiger partial charge in [0.15, 0.2) is 4.96 Å². The lowest BCUT2D eigenvalue weighted by Gasteiger charge is -2.12. The van der Waals surface area contributed by atoms with Crippen LogP contribution in [0.5, 0.6) is 0 Å². The van der Waals surface area contributed by atoms with Gasteiger partial charge < -0.3 is 0 Å². The zero-order chi connectivity index (χ0) is 27.1. The second kappa shape index (κ2) is 8.30. The minimum Gasteiger partial charge on any atom is -0.284 e. The molecular weight excluding hydrogens is 526 g/mol. The molecule has 9 rings (SSSR count). The van der Waals surface area contributed by atoms with Gasteiger partial charge in [-0.2, -0.15) is 4.98 Å². The van der Waals surface area contributed by atoms with Crippen molar-refractivity contribution in [1.82, 2.24) is 23.9 Å². The highest BCUT2D eigenvalue weighted by molar-refractivity contribution is 7.24. The monoisotopic (exact) mass is 545 g/mol. The highest BCUT2D eigenvalue weighted by Crippen LogP contribution is 2.40. The molecule has 7 heteroatoms. The molecule has 0 unspecified atom stereocenters. The Bertz CT molecular complexity index is 2560. The van der Waals surface area contributed by atoms with Crippen LogP contribution in [0.2, 0.25) is 0 Å². The third kappa shape index (κ3) is 3.12. The third-order valence-electron chi connectivity index (χ3n) is 7.81. The van der Waals surface area contributed by atoms with Crippen molar-refractivity contribution in [3.8, 4) is 17.2 Å². The average molecular weight is 546 g/mol. The molecule has 0 fully saturated rings. The molecule has 6 nitrogen and oxygen atoms in total. The van der Waals surface area contributed by atoms with E-state index in [2.05, 4.69) is 62.5 Å². The Hall–Kier alpha value is -5.40. The molecular formula is C34H19N5OS. The fraction of sp³-hybridized carbons (Fsp3) is 0. The fourth-order valence-corrected chi connectivity index (χ4v) is 7.18. The molecule has 4 heterocycles. The van der Waals surface area contributed by atoms with Crippen LogP contribution >= 0.6 is 11.3 Å². The van der Waals surface area contributed by atoms with Gasteiger partial charge in [0.05, 0.1) is 43.4 Å². The summed E-state index contributed by atoms with van der Waals surface area (Å²) in [6, 6.07) is 38.7. The maximum atomic E-state index is 12.9. The Balaban J connectivity index is 1.48. The largest absolute Gasteiger partial charge is 0.284 e. The first-order chi connectivity index (χ1) is 20.3. The van der Waals surface area contributed by atoms with E-state index >= 15 is 0 Å². The van der Waals surface area contributed by atoms with Gasteiger partial charge in [-0.25, -0.2) is 9.97 Å². The summed E-state index contributed by atoms with van der Waals surface area (Å²) in [5, 5.41) is 3.83. The maximum Gasteiger partial charge on any atom is 0.281 e. The fourth-order valence-electron chi connectivity index (χ4n) is 6.02. The van der Waals surface area contributed by atoms with Gasteiger partial charge in [-0.05, 0) is 36.4 Å². The minimum atomic E-state index is -0.214. The predicted molar refractivity (Wildman–Crippen MR) is 167 cm³/mol. The van der Waals surface area contributed by atoms with Crippen LogP contribution < -0.4 is 5.56 Å². The van der Waals surface area contributed by atoms with E-state index in [-0.39, 0.29) is 5.56 Å². The summed E-state index contributed by atoms with van der Waals surface area (Å²) in [5.74, 6) is 0.603. The molecule has 0 N–H and O–H groups in total. The van der Waals surface area contributed by atoms with Crippen molar-refractivity contribution in [3.63, 3.8) is 0 Å². The molecule has 0 aliphatic carbocycles. The molecule has 192 valence electrons. The highest BCUT2D eigenvalue weighted by Gasteiger charge is 2.21. The Morgan fingerprint density at radius 3 is 2.12 bits per heavy atom. The molecule has 0 saturated carbocycles. The normalized spacial score (nSPS) is 12.0. The standard InChI is InChI=1S/C34H19N5OS/c40-32-24-14-6-9-17-27(24)38-28-19-18-22-21-12-5-8-16-26(21)39(30(22)31(28)41-34(38)37-32)33-35-25-15-7-4-13-23(25)29(36-33)20-10-2-1-3-11-20/h1-19H. The predicted octanol–water partition coefficient (Wildman–Crippen LogP) is 7.77. The van der Waals surface area contributed by atoms with E-state index < -0.39 is 0 Å². The minimum absolute atomic E-state index is 0.214. The first kappa shape index (κ1) is 22.4. The van der Waals surface area contributed by atoms with E-state index in [1.165, 1.54) is 11.3 Å². The van der Waals surface area contributed by atoms with Crippen molar-refractivity contribution in [2.24, 2.45) is 0 Å². The van der Waals surface area contributed by atoms with Crippen LogP contribution in [-0.2, 0) is 0 Å². The van der Waals surface area contributed by atoms with Crippen LogP contribution in [0.15, 0.2) is 120 Å². The second-order valence-electron chi connectivity index (χ2n) is 10.1. The van der Waals surface area contributed by atoms with Crippen LogP contribution in [0.25, 0.3) is 76.0 Å². The van der Waals surface area contributed by atoms with Gasteiger partial charge in [0.25, 0.3) is 5.56 Å². The van der Waals surface area contributed by atoms with Gasteiger partial charge in [-0.1, -0.05) is 90.2 Å². The lowest BCUT2D eigenvalue weighted by Crippen LogP contribution is -2.08. The Kier molecular flexibility index (Phi) is 4.54. The molecule has 41 heavy (non-hydrogen) atoms. The van der Waals surface area contributed by atoms with Crippen molar-refractivity contribution < 1.29 is 0 Å². The number of benzene rings is 5. The summed E-state index contributed by atoms with van der Waals surface area (Å²) < 4.78 is 5.29. The summed E-state index contributed by atoms with van der Waals surface area (Å²) in [5.41, 5.74) is 6.46. The van der Waals surface area contributed by atoms with Gasteiger partial charge in [-0.15, -0.1) is 0 Å². The van der Waals surface area contributed by atoms with Crippen LogP contribution in [0.3, 0.4) is 0 Å². The first-order valence-corrected chi connectivity index (χ1v) is 14.2. The number of hydrogen-bond donors (Lipinski definition) is 0. The molecule has 0 aliphatic heterocycles. The van der Waals surface area contributed by atoms with E-state index in [1.54, 1.807) is 0 Å². The zero-order valence-electron chi connectivity index (χ0n) is 21.5. The average Bonchev–Trinajstić information content (AvgIpc) is 3.57. The van der Waals surface area contributed by atoms with Gasteiger partial charge in [0, 0.05) is 21.7 Å². The van der Waals surface area contributed by atoms with Crippen molar-refractivity contribution in [3.05, 3.63) is 126 Å². The van der Waals surface area contributed by atoms with Gasteiger partial charge in [0.1, 0.15) is 0 Å². The summed E-state index contributed by atoms with van der Waals surface area (Å²) in [7, 11) is 0. The van der Waals surface area contributed by atoms with Crippen LogP contribution in [-0.4, -0.2) is 23.9 Å². The number of nitrogens with zero attached hydrogens (tertiary/aromatic N) is 5. The van der Waals surface area contributed by atoms with Crippen molar-refractivity contribution in [2.45, 2.75) is 0 Å². The number of thiazole rings is 1. The van der Waals surface area contributed by atoms with E-state index in [1.807, 2.05) is 66.7 Å². The molecule has 4 aromatic heterocycles. The molecule has 0 radical (unpaired) electrons. The van der Waals surface area contributed by atoms with Crippen LogP contribution in [0.4, 0.5) is 0 Å². The second-order valence-corrected chi connectivity index (χ2v) is 11.0. The summed E-state index contributed by atoms with van der Waals surface area (Å²) >= 11 is 1.52. The molecule has 0 amide bonds. The zero-order valence-corrected chi connectivity index (χ0v) is 22.3. The van der Waals surface area contributed by atoms with E-state index in [4.69, 9.17) is 9.97 Å². The summed E-state index contributed by atoms with van der Waals surface area (Å²) in [6.45, 7) is 0. The van der Waals surface area contributed by atoms with Crippen LogP contribution in [0, 0.1) is 0 Å². The van der Waals surface area contributed by atoms with Crippen molar-refractivity contribution in [1.29, 1.82) is 0 Å². The van der Waals surface area contributed by atoms with E-state index in [9.17, 15) is 4.79 Å². The topological polar surface area (TPSA) is 65.1 Å². The number of rotatable bonds is 2. The molecule has 5 aromatic carbocycles. The lowest BCUT2D eigenvalue weighted by atomic mass is 10.1. The number of fused-ring (bicyclic) bond motifs is 10. The third-order valence-corrected chi connectivity index (χ3v) is 8.87. The van der Waals surface area contributed by atoms with Gasteiger partial charge in [-0.3, -0.25) is 13.8 Å². The lowest BCUT2D eigenvalue weighted by molar-refractivity contribution is 1.02. The number of aromatic nitrogens is 5. The van der Waals surface area contributed by atoms with Gasteiger partial charge in [0.2, 0.25) is 5.95 Å². The molecule has 0 atom stereocenters. The van der Waals surface area contributed by atoms with Crippen molar-refractivity contribution >= 4 is 70.1 Å². The number of para-hydroxylation sites is 3. The van der Waals surface area contributed by atoms with E-state index in [0.29, 0.717) is 16.3 Å². The Labute approximate surface area is 236 Å². The Morgan fingerprint density at radius 1 is 0.561 bits per heavy atom. The molecule has 0 spiro atoms. The van der Waals surface area contributed by atoms with Gasteiger partial charge >= 0.3 is 0 Å². The summed E-state index contributed by atoms with van der Waals surface area (Å²) in [6.07, 6.45) is 0. The molecule has 0 bridgehead atoms. The Morgan fingerprint density at radius 2 is 1.27 bits per heavy atom. The van der Waals surface area contributed by atoms with Crippen molar-refractivity contribution in [2.75, 3.05) is 0 Å². The molecule has 0 aliphatic rings. The van der Waals surface area contributed by atoms with E-state index in [0.717, 1.165) is 59.7 Å². The number of hydrogen-bond acceptors (Lipinski definition) is 5. The SMILES string of the molecule is O=c1nc2sc3c4c(ccc3n2c2ccccc12)c1ccccc1n4-c1nc(-c2ccccc2)c2ccccc2n1. The molecule has 9 aromatic rings. The maximum absolute atomic E-state index is 12.9. The summed E-state index contributed by atoms with van der Waals surface area (Å²) in [4.78, 5) is 28.4. The smallest absolute Gasteiger partial charge is 0.281 e. The highest BCUT2D eigenvalue weighted by atomic mass is 32.1. The quantitative estimate of drug-likeness (QED) is 0.223. The molecule has 0 saturated heterocycles. The first-order valence-electron chi connectivity index (χ1n) is 13.3. The van der Waals surface area contributed by atoms with Crippen LogP contribution in [0.1, 0.15) is 0 Å².